The van der Waals surface area contributed by atoms with Crippen molar-refractivity contribution in [3.8, 4) is 6.07 Å². The third kappa shape index (κ3) is 6.24. The van der Waals surface area contributed by atoms with Crippen molar-refractivity contribution < 1.29 is 9.59 Å². The molecule has 0 saturated carbocycles. The molecule has 3 aromatic rings. The van der Waals surface area contributed by atoms with Crippen molar-refractivity contribution in [2.45, 2.75) is 6.92 Å². The summed E-state index contributed by atoms with van der Waals surface area (Å²) in [7, 11) is 0. The van der Waals surface area contributed by atoms with Crippen LogP contribution in [0.2, 0.25) is 0 Å². The van der Waals surface area contributed by atoms with Crippen LogP contribution in [-0.2, 0) is 4.79 Å². The summed E-state index contributed by atoms with van der Waals surface area (Å²) >= 11 is 0. The molecular formula is C27H29N9O2. The Morgan fingerprint density at radius 3 is 2.47 bits per heavy atom. The molecule has 4 rings (SSSR count). The number of piperazine rings is 1. The third-order valence-corrected chi connectivity index (χ3v) is 6.22. The minimum atomic E-state index is -0.531. The second kappa shape index (κ2) is 11.9. The molecule has 1 aliphatic heterocycles. The summed E-state index contributed by atoms with van der Waals surface area (Å²) < 4.78 is 0. The number of carbonyl (C=O) groups excluding carboxylic acids is 2. The lowest BCUT2D eigenvalue weighted by Crippen LogP contribution is -2.46. The Morgan fingerprint density at radius 1 is 1.11 bits per heavy atom. The average Bonchev–Trinajstić information content (AvgIpc) is 2.94. The highest BCUT2D eigenvalue weighted by molar-refractivity contribution is 6.02. The zero-order valence-corrected chi connectivity index (χ0v) is 21.1. The van der Waals surface area contributed by atoms with Crippen LogP contribution < -0.4 is 26.6 Å². The summed E-state index contributed by atoms with van der Waals surface area (Å²) in [6, 6.07) is 14.3. The van der Waals surface area contributed by atoms with Gasteiger partial charge in [0.2, 0.25) is 17.8 Å². The van der Waals surface area contributed by atoms with Crippen molar-refractivity contribution in [3.05, 3.63) is 72.4 Å². The molecule has 1 aromatic heterocycles. The molecule has 2 amide bonds. The molecule has 11 heteroatoms. The van der Waals surface area contributed by atoms with Gasteiger partial charge in [-0.25, -0.2) is 4.98 Å². The number of nitriles is 1. The molecule has 0 unspecified atom stereocenters. The standard InChI is InChI=1S/C27H29N9O2/c1-3-24(37)32-23-15-21(36-13-11-35(4-2)12-14-36)9-10-22(23)33-27-30-17-19(16-28)26(34-27)31-20-7-5-18(6-8-20)25(29)38/h3,5-10,15,17H,1,4,11-14H2,2H3,(H2,29,38)(H,32,37)(H2,30,31,33,34). The number of carbonyl (C=O) groups is 2. The Labute approximate surface area is 221 Å². The summed E-state index contributed by atoms with van der Waals surface area (Å²) in [5, 5.41) is 18.6. The number of nitrogens with two attached hydrogens (primary N) is 1. The molecule has 0 aliphatic carbocycles. The Balaban J connectivity index is 1.59. The van der Waals surface area contributed by atoms with Gasteiger partial charge in [-0.15, -0.1) is 0 Å². The summed E-state index contributed by atoms with van der Waals surface area (Å²) in [5.74, 6) is -0.377. The maximum atomic E-state index is 12.2. The van der Waals surface area contributed by atoms with E-state index in [1.807, 2.05) is 18.2 Å². The van der Waals surface area contributed by atoms with Crippen molar-refractivity contribution in [3.63, 3.8) is 0 Å². The molecule has 0 atom stereocenters. The topological polar surface area (TPSA) is 152 Å². The quantitative estimate of drug-likeness (QED) is 0.317. The van der Waals surface area contributed by atoms with E-state index in [4.69, 9.17) is 5.73 Å². The molecule has 0 bridgehead atoms. The number of nitrogens with one attached hydrogen (secondary N) is 3. The van der Waals surface area contributed by atoms with E-state index in [9.17, 15) is 14.9 Å². The normalized spacial score (nSPS) is 13.3. The largest absolute Gasteiger partial charge is 0.369 e. The van der Waals surface area contributed by atoms with Gasteiger partial charge in [0.1, 0.15) is 11.6 Å². The van der Waals surface area contributed by atoms with Crippen LogP contribution in [0.3, 0.4) is 0 Å². The first-order valence-electron chi connectivity index (χ1n) is 12.2. The SMILES string of the molecule is C=CC(=O)Nc1cc(N2CCN(CC)CC2)ccc1Nc1ncc(C#N)c(Nc2ccc(C(N)=O)cc2)n1. The fourth-order valence-corrected chi connectivity index (χ4v) is 4.04. The molecule has 11 nitrogen and oxygen atoms in total. The molecule has 2 heterocycles. The number of likely N-dealkylation sites (N-methyl/N-ethyl adjacent to an activating group) is 1. The van der Waals surface area contributed by atoms with Crippen LogP contribution in [0.5, 0.6) is 0 Å². The molecule has 38 heavy (non-hydrogen) atoms. The van der Waals surface area contributed by atoms with Crippen molar-refractivity contribution in [2.75, 3.05) is 53.6 Å². The highest BCUT2D eigenvalue weighted by Gasteiger charge is 2.18. The van der Waals surface area contributed by atoms with Gasteiger partial charge in [0.15, 0.2) is 5.82 Å². The Kier molecular flexibility index (Phi) is 8.15. The second-order valence-corrected chi connectivity index (χ2v) is 8.60. The van der Waals surface area contributed by atoms with Gasteiger partial charge < -0.3 is 31.5 Å². The fraction of sp³-hybridized carbons (Fsp3) is 0.222. The third-order valence-electron chi connectivity index (χ3n) is 6.22. The molecule has 194 valence electrons. The minimum absolute atomic E-state index is 0.221. The van der Waals surface area contributed by atoms with E-state index in [-0.39, 0.29) is 23.2 Å². The van der Waals surface area contributed by atoms with Crippen LogP contribution in [0.4, 0.5) is 34.5 Å². The maximum Gasteiger partial charge on any atom is 0.248 e. The maximum absolute atomic E-state index is 12.2. The molecule has 1 saturated heterocycles. The molecule has 1 fully saturated rings. The fourth-order valence-electron chi connectivity index (χ4n) is 4.04. The van der Waals surface area contributed by atoms with E-state index >= 15 is 0 Å². The first-order valence-corrected chi connectivity index (χ1v) is 12.2. The number of amides is 2. The van der Waals surface area contributed by atoms with E-state index in [1.165, 1.54) is 12.3 Å². The van der Waals surface area contributed by atoms with Crippen LogP contribution in [0, 0.1) is 11.3 Å². The average molecular weight is 512 g/mol. The molecule has 2 aromatic carbocycles. The number of benzene rings is 2. The van der Waals surface area contributed by atoms with Gasteiger partial charge in [0.05, 0.1) is 17.6 Å². The van der Waals surface area contributed by atoms with Gasteiger partial charge in [-0.05, 0) is 55.1 Å². The van der Waals surface area contributed by atoms with E-state index < -0.39 is 5.91 Å². The number of aromatic nitrogens is 2. The number of hydrogen-bond acceptors (Lipinski definition) is 9. The first kappa shape index (κ1) is 26.1. The molecule has 0 spiro atoms. The van der Waals surface area contributed by atoms with Crippen LogP contribution >= 0.6 is 0 Å². The van der Waals surface area contributed by atoms with Crippen molar-refractivity contribution in [2.24, 2.45) is 5.73 Å². The van der Waals surface area contributed by atoms with Gasteiger partial charge in [-0.1, -0.05) is 13.5 Å². The number of primary amides is 1. The van der Waals surface area contributed by atoms with Gasteiger partial charge in [-0.2, -0.15) is 10.2 Å². The molecule has 0 radical (unpaired) electrons. The highest BCUT2D eigenvalue weighted by Crippen LogP contribution is 2.31. The van der Waals surface area contributed by atoms with E-state index in [2.05, 4.69) is 55.3 Å². The Morgan fingerprint density at radius 2 is 1.84 bits per heavy atom. The first-order chi connectivity index (χ1) is 18.4. The Hall–Kier alpha value is -4.95. The minimum Gasteiger partial charge on any atom is -0.369 e. The van der Waals surface area contributed by atoms with Crippen molar-refractivity contribution in [1.82, 2.24) is 14.9 Å². The number of rotatable bonds is 9. The monoisotopic (exact) mass is 511 g/mol. The van der Waals surface area contributed by atoms with E-state index in [0.29, 0.717) is 22.6 Å². The van der Waals surface area contributed by atoms with Crippen LogP contribution in [0.1, 0.15) is 22.8 Å². The summed E-state index contributed by atoms with van der Waals surface area (Å²) in [6.45, 7) is 10.5. The van der Waals surface area contributed by atoms with Gasteiger partial charge in [-0.3, -0.25) is 9.59 Å². The van der Waals surface area contributed by atoms with Crippen LogP contribution in [0.25, 0.3) is 0 Å². The van der Waals surface area contributed by atoms with Crippen LogP contribution in [0.15, 0.2) is 61.3 Å². The smallest absolute Gasteiger partial charge is 0.248 e. The van der Waals surface area contributed by atoms with Crippen molar-refractivity contribution in [1.29, 1.82) is 5.26 Å². The second-order valence-electron chi connectivity index (χ2n) is 8.60. The highest BCUT2D eigenvalue weighted by atomic mass is 16.1. The molecular weight excluding hydrogens is 482 g/mol. The van der Waals surface area contributed by atoms with E-state index in [0.717, 1.165) is 38.4 Å². The lowest BCUT2D eigenvalue weighted by molar-refractivity contribution is -0.111. The number of nitrogens with zero attached hydrogens (tertiary/aromatic N) is 5. The number of hydrogen-bond donors (Lipinski definition) is 4. The lowest BCUT2D eigenvalue weighted by Gasteiger charge is -2.35. The number of anilines is 6. The van der Waals surface area contributed by atoms with Gasteiger partial charge >= 0.3 is 0 Å². The lowest BCUT2D eigenvalue weighted by atomic mass is 10.2. The summed E-state index contributed by atoms with van der Waals surface area (Å²) in [6.07, 6.45) is 2.61. The summed E-state index contributed by atoms with van der Waals surface area (Å²) in [5.41, 5.74) is 8.64. The predicted molar refractivity (Wildman–Crippen MR) is 148 cm³/mol. The Bertz CT molecular complexity index is 1370. The van der Waals surface area contributed by atoms with E-state index in [1.54, 1.807) is 24.3 Å². The van der Waals surface area contributed by atoms with Crippen molar-refractivity contribution >= 4 is 46.3 Å². The predicted octanol–water partition coefficient (Wildman–Crippen LogP) is 3.20. The van der Waals surface area contributed by atoms with Gasteiger partial charge in [0.25, 0.3) is 0 Å². The zero-order valence-electron chi connectivity index (χ0n) is 21.1. The zero-order chi connectivity index (χ0) is 27.1. The summed E-state index contributed by atoms with van der Waals surface area (Å²) in [4.78, 5) is 36.9. The molecule has 1 aliphatic rings. The van der Waals surface area contributed by atoms with Gasteiger partial charge in [0, 0.05) is 43.1 Å². The van der Waals surface area contributed by atoms with Crippen LogP contribution in [-0.4, -0.2) is 59.4 Å². The molecule has 5 N–H and O–H groups in total.